The Balaban J connectivity index is 1.54. The Labute approximate surface area is 206 Å². The summed E-state index contributed by atoms with van der Waals surface area (Å²) < 4.78 is 6.18. The van der Waals surface area contributed by atoms with Crippen molar-refractivity contribution in [2.75, 3.05) is 24.7 Å². The number of carbonyl (C=O) groups excluding carboxylic acids is 1. The lowest BCUT2D eigenvalue weighted by molar-refractivity contribution is -0.139. The van der Waals surface area contributed by atoms with E-state index in [9.17, 15) is 4.79 Å². The first-order valence-corrected chi connectivity index (χ1v) is 12.3. The molecule has 1 heterocycles. The van der Waals surface area contributed by atoms with Crippen LogP contribution in [0.15, 0.2) is 66.7 Å². The summed E-state index contributed by atoms with van der Waals surface area (Å²) in [4.78, 5) is 19.9. The molecule has 3 aromatic rings. The van der Waals surface area contributed by atoms with E-state index in [0.29, 0.717) is 23.9 Å². The van der Waals surface area contributed by atoms with E-state index >= 15 is 0 Å². The third kappa shape index (κ3) is 5.37. The summed E-state index contributed by atoms with van der Waals surface area (Å²) in [6, 6.07) is 22.0. The maximum atomic E-state index is 13.3. The van der Waals surface area contributed by atoms with Gasteiger partial charge in [0.25, 0.3) is 5.91 Å². The molecule has 3 atom stereocenters. The lowest BCUT2D eigenvalue weighted by Crippen LogP contribution is -2.40. The second-order valence-corrected chi connectivity index (χ2v) is 9.07. The Bertz CT molecular complexity index is 1120. The van der Waals surface area contributed by atoms with Gasteiger partial charge in [0.05, 0.1) is 17.4 Å². The molecule has 1 aliphatic rings. The number of hydrogen-bond donors (Lipinski definition) is 3. The number of nitrogens with two attached hydrogens (primary N) is 1. The molecule has 0 fully saturated rings. The number of aromatic nitrogens is 1. The molecule has 1 aliphatic carbocycles. The SMILES string of the molecule is CC(Oc1nc(-c2ccccc2)ccc1NCC(N)CS)C(=O)N(C)C1CCc2ccccc21. The van der Waals surface area contributed by atoms with Crippen LogP contribution in [0.5, 0.6) is 5.88 Å². The lowest BCUT2D eigenvalue weighted by Gasteiger charge is -2.28. The summed E-state index contributed by atoms with van der Waals surface area (Å²) in [6.07, 6.45) is 1.20. The minimum absolute atomic E-state index is 0.0596. The van der Waals surface area contributed by atoms with E-state index in [4.69, 9.17) is 15.5 Å². The van der Waals surface area contributed by atoms with Crippen molar-refractivity contribution in [2.24, 2.45) is 5.73 Å². The van der Waals surface area contributed by atoms with Crippen LogP contribution in [0.2, 0.25) is 0 Å². The quantitative estimate of drug-likeness (QED) is 0.401. The van der Waals surface area contributed by atoms with E-state index in [1.807, 2.05) is 66.5 Å². The van der Waals surface area contributed by atoms with Crippen molar-refractivity contribution in [2.45, 2.75) is 38.0 Å². The van der Waals surface area contributed by atoms with E-state index in [1.165, 1.54) is 11.1 Å². The van der Waals surface area contributed by atoms with Crippen LogP contribution in [0.4, 0.5) is 5.69 Å². The molecule has 0 saturated carbocycles. The zero-order chi connectivity index (χ0) is 24.1. The fraction of sp³-hybridized carbons (Fsp3) is 0.333. The van der Waals surface area contributed by atoms with Gasteiger partial charge in [-0.15, -0.1) is 0 Å². The van der Waals surface area contributed by atoms with Crippen LogP contribution < -0.4 is 15.8 Å². The van der Waals surface area contributed by atoms with E-state index in [2.05, 4.69) is 30.1 Å². The Hall–Kier alpha value is -3.03. The third-order valence-corrected chi connectivity index (χ3v) is 6.74. The van der Waals surface area contributed by atoms with Gasteiger partial charge in [0.2, 0.25) is 5.88 Å². The maximum Gasteiger partial charge on any atom is 0.263 e. The number of likely N-dealkylation sites (N-methyl/N-ethyl adjacent to an activating group) is 1. The van der Waals surface area contributed by atoms with Crippen molar-refractivity contribution in [1.82, 2.24) is 9.88 Å². The zero-order valence-electron chi connectivity index (χ0n) is 19.6. The van der Waals surface area contributed by atoms with Crippen molar-refractivity contribution < 1.29 is 9.53 Å². The number of aryl methyl sites for hydroxylation is 1. The maximum absolute atomic E-state index is 13.3. The van der Waals surface area contributed by atoms with Crippen LogP contribution in [-0.2, 0) is 11.2 Å². The van der Waals surface area contributed by atoms with E-state index in [1.54, 1.807) is 6.92 Å². The molecule has 34 heavy (non-hydrogen) atoms. The Morgan fingerprint density at radius 1 is 1.18 bits per heavy atom. The molecule has 6 nitrogen and oxygen atoms in total. The molecule has 0 saturated heterocycles. The molecule has 7 heteroatoms. The van der Waals surface area contributed by atoms with Crippen molar-refractivity contribution in [1.29, 1.82) is 0 Å². The minimum atomic E-state index is -0.699. The molecule has 1 amide bonds. The van der Waals surface area contributed by atoms with Gasteiger partial charge in [-0.25, -0.2) is 4.98 Å². The molecule has 0 spiro atoms. The number of fused-ring (bicyclic) bond motifs is 1. The fourth-order valence-corrected chi connectivity index (χ4v) is 4.46. The molecular formula is C27H32N4O2S. The van der Waals surface area contributed by atoms with Gasteiger partial charge in [-0.1, -0.05) is 54.6 Å². The molecule has 178 valence electrons. The van der Waals surface area contributed by atoms with Gasteiger partial charge < -0.3 is 20.7 Å². The predicted molar refractivity (Wildman–Crippen MR) is 140 cm³/mol. The van der Waals surface area contributed by atoms with Crippen LogP contribution in [0, 0.1) is 0 Å². The summed E-state index contributed by atoms with van der Waals surface area (Å²) in [6.45, 7) is 2.30. The third-order valence-electron chi connectivity index (χ3n) is 6.27. The van der Waals surface area contributed by atoms with Gasteiger partial charge in [-0.3, -0.25) is 4.79 Å². The highest BCUT2D eigenvalue weighted by molar-refractivity contribution is 7.80. The van der Waals surface area contributed by atoms with E-state index in [-0.39, 0.29) is 18.0 Å². The van der Waals surface area contributed by atoms with Crippen LogP contribution in [-0.4, -0.2) is 47.3 Å². The second kappa shape index (κ2) is 10.9. The van der Waals surface area contributed by atoms with Crippen molar-refractivity contribution in [3.05, 3.63) is 77.9 Å². The fourth-order valence-electron chi connectivity index (χ4n) is 4.34. The molecule has 0 aliphatic heterocycles. The number of thiol groups is 1. The first-order valence-electron chi connectivity index (χ1n) is 11.7. The van der Waals surface area contributed by atoms with Crippen LogP contribution in [0.3, 0.4) is 0 Å². The second-order valence-electron chi connectivity index (χ2n) is 8.70. The number of pyridine rings is 1. The summed E-state index contributed by atoms with van der Waals surface area (Å²) in [5.41, 5.74) is 11.0. The summed E-state index contributed by atoms with van der Waals surface area (Å²) >= 11 is 4.26. The van der Waals surface area contributed by atoms with Crippen LogP contribution in [0.25, 0.3) is 11.3 Å². The highest BCUT2D eigenvalue weighted by atomic mass is 32.1. The number of ether oxygens (including phenoxy) is 1. The zero-order valence-corrected chi connectivity index (χ0v) is 20.5. The van der Waals surface area contributed by atoms with E-state index in [0.717, 1.165) is 24.1 Å². The Kier molecular flexibility index (Phi) is 7.75. The Morgan fingerprint density at radius 2 is 1.91 bits per heavy atom. The molecule has 3 unspecified atom stereocenters. The van der Waals surface area contributed by atoms with Crippen LogP contribution >= 0.6 is 12.6 Å². The predicted octanol–water partition coefficient (Wildman–Crippen LogP) is 4.33. The van der Waals surface area contributed by atoms with Gasteiger partial charge in [0, 0.05) is 31.0 Å². The number of amides is 1. The highest BCUT2D eigenvalue weighted by Crippen LogP contribution is 2.35. The normalized spacial score (nSPS) is 16.4. The topological polar surface area (TPSA) is 80.5 Å². The summed E-state index contributed by atoms with van der Waals surface area (Å²) in [5.74, 6) is 0.863. The number of nitrogens with one attached hydrogen (secondary N) is 1. The monoisotopic (exact) mass is 476 g/mol. The standard InChI is InChI=1S/C27H32N4O2S/c1-18(27(32)31(2)25-15-12-19-8-6-7-11-22(19)25)33-26-24(29-16-21(28)17-34)14-13-23(30-26)20-9-4-3-5-10-20/h3-11,13-14,18,21,25,29,34H,12,15-17,28H2,1-2H3. The lowest BCUT2D eigenvalue weighted by atomic mass is 10.1. The van der Waals surface area contributed by atoms with E-state index < -0.39 is 6.10 Å². The highest BCUT2D eigenvalue weighted by Gasteiger charge is 2.31. The number of benzene rings is 2. The number of hydrogen-bond acceptors (Lipinski definition) is 6. The molecule has 0 radical (unpaired) electrons. The summed E-state index contributed by atoms with van der Waals surface area (Å²) in [5, 5.41) is 3.30. The van der Waals surface area contributed by atoms with Gasteiger partial charge in [0.1, 0.15) is 0 Å². The van der Waals surface area contributed by atoms with Gasteiger partial charge in [-0.2, -0.15) is 12.6 Å². The first kappa shape index (κ1) is 24.1. The average Bonchev–Trinajstić information content (AvgIpc) is 3.31. The largest absolute Gasteiger partial charge is 0.463 e. The number of nitrogens with zero attached hydrogens (tertiary/aromatic N) is 2. The molecule has 0 bridgehead atoms. The molecular weight excluding hydrogens is 444 g/mol. The smallest absolute Gasteiger partial charge is 0.263 e. The van der Waals surface area contributed by atoms with Crippen LogP contribution in [0.1, 0.15) is 30.5 Å². The summed E-state index contributed by atoms with van der Waals surface area (Å²) in [7, 11) is 1.85. The molecule has 1 aromatic heterocycles. The van der Waals surface area contributed by atoms with Gasteiger partial charge in [-0.05, 0) is 43.0 Å². The van der Waals surface area contributed by atoms with Crippen molar-refractivity contribution in [3.8, 4) is 17.1 Å². The van der Waals surface area contributed by atoms with Crippen molar-refractivity contribution >= 4 is 24.2 Å². The molecule has 4 rings (SSSR count). The first-order chi connectivity index (χ1) is 16.5. The average molecular weight is 477 g/mol. The van der Waals surface area contributed by atoms with Gasteiger partial charge in [0.15, 0.2) is 6.10 Å². The number of anilines is 1. The van der Waals surface area contributed by atoms with Crippen molar-refractivity contribution in [3.63, 3.8) is 0 Å². The minimum Gasteiger partial charge on any atom is -0.463 e. The molecule has 2 aromatic carbocycles. The number of carbonyl (C=O) groups is 1. The number of rotatable bonds is 9. The van der Waals surface area contributed by atoms with Gasteiger partial charge >= 0.3 is 0 Å². The Morgan fingerprint density at radius 3 is 2.68 bits per heavy atom. The molecule has 3 N–H and O–H groups in total.